The summed E-state index contributed by atoms with van der Waals surface area (Å²) in [5.41, 5.74) is 1.75. The molecule has 2 fully saturated rings. The van der Waals surface area contributed by atoms with E-state index in [4.69, 9.17) is 0 Å². The number of urea groups is 1. The number of nitrogens with zero attached hydrogens (tertiary/aromatic N) is 3. The molecule has 1 atom stereocenters. The third-order valence-corrected chi connectivity index (χ3v) is 6.15. The van der Waals surface area contributed by atoms with Crippen LogP contribution in [0.2, 0.25) is 0 Å². The van der Waals surface area contributed by atoms with Crippen molar-refractivity contribution in [2.75, 3.05) is 4.90 Å². The number of aromatic nitrogens is 1. The van der Waals surface area contributed by atoms with Gasteiger partial charge in [-0.05, 0) is 55.0 Å². The van der Waals surface area contributed by atoms with Crippen molar-refractivity contribution in [3.05, 3.63) is 53.9 Å². The minimum absolute atomic E-state index is 0.179. The second-order valence-electron chi connectivity index (χ2n) is 8.19. The molecule has 0 radical (unpaired) electrons. The van der Waals surface area contributed by atoms with Crippen LogP contribution in [-0.4, -0.2) is 34.2 Å². The largest absolute Gasteiger partial charge is 0.573 e. The number of hydrogen-bond donors (Lipinski definition) is 0. The molecule has 9 heteroatoms. The normalized spacial score (nSPS) is 20.2. The third kappa shape index (κ3) is 4.42. The molecule has 1 unspecified atom stereocenters. The molecule has 6 nitrogen and oxygen atoms in total. The number of para-hydroxylation sites is 2. The number of amides is 3. The Morgan fingerprint density at radius 3 is 2.53 bits per heavy atom. The van der Waals surface area contributed by atoms with Crippen LogP contribution < -0.4 is 9.64 Å². The zero-order chi connectivity index (χ0) is 22.9. The van der Waals surface area contributed by atoms with Crippen LogP contribution in [0.3, 0.4) is 0 Å². The van der Waals surface area contributed by atoms with Crippen molar-refractivity contribution in [1.82, 2.24) is 9.88 Å². The zero-order valence-corrected chi connectivity index (χ0v) is 17.6. The van der Waals surface area contributed by atoms with Crippen LogP contribution in [0, 0.1) is 0 Å². The Kier molecular flexibility index (Phi) is 6.08. The molecule has 1 saturated heterocycles. The quantitative estimate of drug-likeness (QED) is 0.577. The van der Waals surface area contributed by atoms with Gasteiger partial charge in [0, 0.05) is 18.9 Å². The maximum Gasteiger partial charge on any atom is 0.573 e. The number of pyridine rings is 1. The standard InChI is InChI=1S/C23H24F3N3O3/c1-15-21(30)29(19-9-5-6-10-20(19)32-23(24,25)26)22(31)28(15)14-17-11-12-27-13-18(17)16-7-3-2-4-8-16/h5-6,9-13,15-16H,2-4,7-8,14H2,1H3. The summed E-state index contributed by atoms with van der Waals surface area (Å²) >= 11 is 0. The first-order chi connectivity index (χ1) is 15.3. The highest BCUT2D eigenvalue weighted by Crippen LogP contribution is 2.38. The number of anilines is 1. The molecule has 2 aliphatic rings. The lowest BCUT2D eigenvalue weighted by Gasteiger charge is -2.26. The van der Waals surface area contributed by atoms with Gasteiger partial charge in [0.2, 0.25) is 0 Å². The van der Waals surface area contributed by atoms with Gasteiger partial charge in [0.25, 0.3) is 5.91 Å². The molecule has 2 heterocycles. The van der Waals surface area contributed by atoms with Gasteiger partial charge in [-0.2, -0.15) is 0 Å². The maximum atomic E-state index is 13.2. The number of hydrogen-bond acceptors (Lipinski definition) is 4. The number of rotatable bonds is 5. The number of alkyl halides is 3. The molecule has 1 saturated carbocycles. The molecule has 1 aliphatic carbocycles. The first-order valence-corrected chi connectivity index (χ1v) is 10.7. The number of benzene rings is 1. The van der Waals surface area contributed by atoms with E-state index in [0.29, 0.717) is 5.92 Å². The van der Waals surface area contributed by atoms with E-state index in [2.05, 4.69) is 9.72 Å². The second kappa shape index (κ2) is 8.80. The van der Waals surface area contributed by atoms with Crippen molar-refractivity contribution in [3.8, 4) is 5.75 Å². The molecule has 0 N–H and O–H groups in total. The predicted octanol–water partition coefficient (Wildman–Crippen LogP) is 5.39. The van der Waals surface area contributed by atoms with Crippen LogP contribution in [0.25, 0.3) is 0 Å². The van der Waals surface area contributed by atoms with Gasteiger partial charge in [-0.3, -0.25) is 9.78 Å². The Hall–Kier alpha value is -3.10. The Labute approximate surface area is 184 Å². The van der Waals surface area contributed by atoms with E-state index in [-0.39, 0.29) is 12.2 Å². The van der Waals surface area contributed by atoms with E-state index >= 15 is 0 Å². The molecule has 2 aromatic rings. The first-order valence-electron chi connectivity index (χ1n) is 10.7. The highest BCUT2D eigenvalue weighted by molar-refractivity contribution is 6.21. The van der Waals surface area contributed by atoms with Gasteiger partial charge < -0.3 is 9.64 Å². The molecule has 1 aromatic carbocycles. The van der Waals surface area contributed by atoms with Gasteiger partial charge in [0.05, 0.1) is 5.69 Å². The number of carbonyl (C=O) groups excluding carboxylic acids is 2. The topological polar surface area (TPSA) is 62.7 Å². The van der Waals surface area contributed by atoms with Crippen LogP contribution in [0.1, 0.15) is 56.1 Å². The Balaban J connectivity index is 1.62. The first kappa shape index (κ1) is 22.1. The van der Waals surface area contributed by atoms with Crippen LogP contribution in [0.4, 0.5) is 23.7 Å². The summed E-state index contributed by atoms with van der Waals surface area (Å²) in [6.45, 7) is 1.76. The highest BCUT2D eigenvalue weighted by Gasteiger charge is 2.45. The fourth-order valence-corrected chi connectivity index (χ4v) is 4.53. The zero-order valence-electron chi connectivity index (χ0n) is 17.6. The minimum Gasteiger partial charge on any atom is -0.404 e. The van der Waals surface area contributed by atoms with Crippen molar-refractivity contribution in [2.45, 2.75) is 63.9 Å². The molecular weight excluding hydrogens is 423 g/mol. The Morgan fingerprint density at radius 1 is 1.09 bits per heavy atom. The summed E-state index contributed by atoms with van der Waals surface area (Å²) in [6.07, 6.45) is 4.11. The summed E-state index contributed by atoms with van der Waals surface area (Å²) in [5.74, 6) is -0.836. The van der Waals surface area contributed by atoms with Gasteiger partial charge in [0.1, 0.15) is 6.04 Å². The molecule has 1 aliphatic heterocycles. The lowest BCUT2D eigenvalue weighted by Crippen LogP contribution is -2.34. The highest BCUT2D eigenvalue weighted by atomic mass is 19.4. The van der Waals surface area contributed by atoms with Crippen LogP contribution in [-0.2, 0) is 11.3 Å². The number of ether oxygens (including phenoxy) is 1. The summed E-state index contributed by atoms with van der Waals surface area (Å²) in [6, 6.07) is 5.51. The van der Waals surface area contributed by atoms with Crippen LogP contribution >= 0.6 is 0 Å². The summed E-state index contributed by atoms with van der Waals surface area (Å²) < 4.78 is 42.6. The summed E-state index contributed by atoms with van der Waals surface area (Å²) in [4.78, 5) is 32.6. The van der Waals surface area contributed by atoms with Crippen molar-refractivity contribution in [1.29, 1.82) is 0 Å². The monoisotopic (exact) mass is 447 g/mol. The molecule has 0 bridgehead atoms. The van der Waals surface area contributed by atoms with E-state index in [9.17, 15) is 22.8 Å². The SMILES string of the molecule is CC1C(=O)N(c2ccccc2OC(F)(F)F)C(=O)N1Cc1ccncc1C1CCCCC1. The lowest BCUT2D eigenvalue weighted by atomic mass is 9.83. The van der Waals surface area contributed by atoms with Crippen molar-refractivity contribution < 1.29 is 27.5 Å². The van der Waals surface area contributed by atoms with Crippen LogP contribution in [0.15, 0.2) is 42.7 Å². The fourth-order valence-electron chi connectivity index (χ4n) is 4.53. The smallest absolute Gasteiger partial charge is 0.404 e. The molecular formula is C23H24F3N3O3. The van der Waals surface area contributed by atoms with Crippen molar-refractivity contribution in [3.63, 3.8) is 0 Å². The van der Waals surface area contributed by atoms with Gasteiger partial charge in [-0.15, -0.1) is 13.2 Å². The molecule has 3 amide bonds. The van der Waals surface area contributed by atoms with E-state index in [1.807, 2.05) is 12.3 Å². The Morgan fingerprint density at radius 2 is 1.81 bits per heavy atom. The van der Waals surface area contributed by atoms with Crippen molar-refractivity contribution in [2.24, 2.45) is 0 Å². The maximum absolute atomic E-state index is 13.2. The average Bonchev–Trinajstić information content (AvgIpc) is 2.97. The molecule has 1 aromatic heterocycles. The Bertz CT molecular complexity index is 1010. The fraction of sp³-hybridized carbons (Fsp3) is 0.435. The van der Waals surface area contributed by atoms with E-state index in [1.54, 1.807) is 13.1 Å². The number of imide groups is 1. The minimum atomic E-state index is -4.95. The number of carbonyl (C=O) groups is 2. The number of halogens is 3. The van der Waals surface area contributed by atoms with E-state index < -0.39 is 30.1 Å². The molecule has 32 heavy (non-hydrogen) atoms. The molecule has 0 spiro atoms. The predicted molar refractivity (Wildman–Crippen MR) is 111 cm³/mol. The average molecular weight is 447 g/mol. The van der Waals surface area contributed by atoms with E-state index in [0.717, 1.165) is 47.8 Å². The van der Waals surface area contributed by atoms with Gasteiger partial charge in [0.15, 0.2) is 5.75 Å². The van der Waals surface area contributed by atoms with Crippen LogP contribution in [0.5, 0.6) is 5.75 Å². The van der Waals surface area contributed by atoms with Gasteiger partial charge >= 0.3 is 12.4 Å². The summed E-state index contributed by atoms with van der Waals surface area (Å²) in [5, 5.41) is 0. The summed E-state index contributed by atoms with van der Waals surface area (Å²) in [7, 11) is 0. The van der Waals surface area contributed by atoms with Crippen molar-refractivity contribution >= 4 is 17.6 Å². The third-order valence-electron chi connectivity index (χ3n) is 6.15. The molecule has 170 valence electrons. The van der Waals surface area contributed by atoms with Gasteiger partial charge in [-0.25, -0.2) is 9.69 Å². The lowest BCUT2D eigenvalue weighted by molar-refractivity contribution is -0.274. The second-order valence-corrected chi connectivity index (χ2v) is 8.19. The molecule has 4 rings (SSSR count). The van der Waals surface area contributed by atoms with E-state index in [1.165, 1.54) is 29.5 Å². The van der Waals surface area contributed by atoms with Gasteiger partial charge in [-0.1, -0.05) is 31.4 Å².